The normalized spacial score (nSPS) is 9.76. The molecule has 0 N–H and O–H groups in total. The maximum atomic E-state index is 11.9. The van der Waals surface area contributed by atoms with Crippen LogP contribution in [0, 0.1) is 11.3 Å². The van der Waals surface area contributed by atoms with E-state index in [1.165, 1.54) is 14.2 Å². The molecule has 0 bridgehead atoms. The molecule has 0 aliphatic carbocycles. The van der Waals surface area contributed by atoms with Crippen molar-refractivity contribution in [2.45, 2.75) is 0 Å². The zero-order valence-corrected chi connectivity index (χ0v) is 12.1. The minimum Gasteiger partial charge on any atom is -0.465 e. The van der Waals surface area contributed by atoms with E-state index in [0.29, 0.717) is 16.8 Å². The summed E-state index contributed by atoms with van der Waals surface area (Å²) in [5.41, 5.74) is 1.50. The number of esters is 2. The van der Waals surface area contributed by atoms with Crippen molar-refractivity contribution < 1.29 is 19.1 Å². The average molecular weight is 302 g/mol. The Labute approximate surface area is 124 Å². The second-order valence-corrected chi connectivity index (χ2v) is 4.68. The summed E-state index contributed by atoms with van der Waals surface area (Å²) < 4.78 is 13.5. The van der Waals surface area contributed by atoms with Gasteiger partial charge in [-0.25, -0.2) is 9.59 Å². The lowest BCUT2D eigenvalue weighted by molar-refractivity contribution is 0.0560. The van der Waals surface area contributed by atoms with Crippen LogP contribution in [0.2, 0.25) is 0 Å². The Bertz CT molecular complexity index is 728. The summed E-state index contributed by atoms with van der Waals surface area (Å²) in [6, 6.07) is 8.52. The van der Waals surface area contributed by atoms with Crippen LogP contribution in [0.15, 0.2) is 24.3 Å². The molecule has 0 unspecified atom stereocenters. The first kappa shape index (κ1) is 14.7. The van der Waals surface area contributed by atoms with Crippen LogP contribution in [-0.2, 0) is 9.47 Å². The summed E-state index contributed by atoms with van der Waals surface area (Å²) in [5.74, 6) is -1.31. The number of aromatic nitrogens is 1. The topological polar surface area (TPSA) is 89.3 Å². The smallest absolute Gasteiger partial charge is 0.350 e. The first-order valence-electron chi connectivity index (χ1n) is 5.79. The van der Waals surface area contributed by atoms with Gasteiger partial charge in [-0.2, -0.15) is 9.64 Å². The number of ether oxygens (including phenoxy) is 2. The summed E-state index contributed by atoms with van der Waals surface area (Å²) in [6.45, 7) is 0. The predicted octanol–water partition coefficient (Wildman–Crippen LogP) is 2.25. The van der Waals surface area contributed by atoms with Crippen LogP contribution < -0.4 is 0 Å². The molecule has 0 aliphatic heterocycles. The molecule has 2 aromatic rings. The SMILES string of the molecule is COC(=O)c1snc(-c2ccc(C#N)cc2)c1C(=O)OC. The van der Waals surface area contributed by atoms with Crippen molar-refractivity contribution in [2.75, 3.05) is 14.2 Å². The molecule has 0 atom stereocenters. The van der Waals surface area contributed by atoms with Gasteiger partial charge in [0, 0.05) is 5.56 Å². The molecule has 21 heavy (non-hydrogen) atoms. The predicted molar refractivity (Wildman–Crippen MR) is 74.9 cm³/mol. The van der Waals surface area contributed by atoms with Crippen LogP contribution in [0.25, 0.3) is 11.3 Å². The highest BCUT2D eigenvalue weighted by molar-refractivity contribution is 7.08. The highest BCUT2D eigenvalue weighted by atomic mass is 32.1. The lowest BCUT2D eigenvalue weighted by Gasteiger charge is -2.03. The van der Waals surface area contributed by atoms with Gasteiger partial charge >= 0.3 is 11.9 Å². The molecular formula is C14H10N2O4S. The Hall–Kier alpha value is -2.72. The van der Waals surface area contributed by atoms with Crippen molar-refractivity contribution in [3.8, 4) is 17.3 Å². The van der Waals surface area contributed by atoms with E-state index in [2.05, 4.69) is 9.11 Å². The second kappa shape index (κ2) is 6.15. The molecule has 0 saturated heterocycles. The highest BCUT2D eigenvalue weighted by Crippen LogP contribution is 2.29. The number of nitrogens with zero attached hydrogens (tertiary/aromatic N) is 2. The number of nitriles is 1. The number of carbonyl (C=O) groups excluding carboxylic acids is 2. The highest BCUT2D eigenvalue weighted by Gasteiger charge is 2.27. The van der Waals surface area contributed by atoms with E-state index in [9.17, 15) is 9.59 Å². The lowest BCUT2D eigenvalue weighted by Crippen LogP contribution is -2.09. The molecular weight excluding hydrogens is 292 g/mol. The van der Waals surface area contributed by atoms with Crippen LogP contribution in [0.4, 0.5) is 0 Å². The summed E-state index contributed by atoms with van der Waals surface area (Å²) in [4.78, 5) is 23.7. The van der Waals surface area contributed by atoms with Crippen molar-refractivity contribution in [2.24, 2.45) is 0 Å². The summed E-state index contributed by atoms with van der Waals surface area (Å²) >= 11 is 0.867. The molecule has 0 aliphatic rings. The van der Waals surface area contributed by atoms with Crippen LogP contribution in [-0.4, -0.2) is 30.5 Å². The van der Waals surface area contributed by atoms with Gasteiger partial charge in [-0.1, -0.05) is 12.1 Å². The second-order valence-electron chi connectivity index (χ2n) is 3.91. The maximum absolute atomic E-state index is 11.9. The van der Waals surface area contributed by atoms with Crippen LogP contribution in [0.3, 0.4) is 0 Å². The van der Waals surface area contributed by atoms with Crippen molar-refractivity contribution in [3.05, 3.63) is 40.3 Å². The molecule has 106 valence electrons. The minimum absolute atomic E-state index is 0.0686. The van der Waals surface area contributed by atoms with E-state index in [1.807, 2.05) is 6.07 Å². The van der Waals surface area contributed by atoms with Crippen LogP contribution in [0.1, 0.15) is 25.6 Å². The average Bonchev–Trinajstić information content (AvgIpc) is 2.98. The van der Waals surface area contributed by atoms with E-state index in [1.54, 1.807) is 24.3 Å². The number of rotatable bonds is 3. The largest absolute Gasteiger partial charge is 0.465 e. The zero-order chi connectivity index (χ0) is 15.4. The number of hydrogen-bond acceptors (Lipinski definition) is 7. The van der Waals surface area contributed by atoms with Crippen LogP contribution >= 0.6 is 11.5 Å². The minimum atomic E-state index is -0.663. The van der Waals surface area contributed by atoms with Gasteiger partial charge in [-0.15, -0.1) is 0 Å². The summed E-state index contributed by atoms with van der Waals surface area (Å²) in [6.07, 6.45) is 0. The quantitative estimate of drug-likeness (QED) is 0.808. The zero-order valence-electron chi connectivity index (χ0n) is 11.2. The third kappa shape index (κ3) is 2.75. The first-order chi connectivity index (χ1) is 10.1. The van der Waals surface area contributed by atoms with Gasteiger partial charge in [0.05, 0.1) is 31.5 Å². The lowest BCUT2D eigenvalue weighted by atomic mass is 10.0. The molecule has 0 saturated carbocycles. The van der Waals surface area contributed by atoms with Crippen molar-refractivity contribution in [3.63, 3.8) is 0 Å². The fourth-order valence-electron chi connectivity index (χ4n) is 1.71. The molecule has 6 nitrogen and oxygen atoms in total. The third-order valence-corrected chi connectivity index (χ3v) is 3.57. The van der Waals surface area contributed by atoms with E-state index >= 15 is 0 Å². The number of methoxy groups -OCH3 is 2. The van der Waals surface area contributed by atoms with Gasteiger partial charge in [-0.05, 0) is 23.7 Å². The third-order valence-electron chi connectivity index (χ3n) is 2.74. The van der Waals surface area contributed by atoms with E-state index < -0.39 is 11.9 Å². The van der Waals surface area contributed by atoms with Gasteiger partial charge < -0.3 is 9.47 Å². The van der Waals surface area contributed by atoms with Gasteiger partial charge in [-0.3, -0.25) is 0 Å². The number of benzene rings is 1. The monoisotopic (exact) mass is 302 g/mol. The first-order valence-corrected chi connectivity index (χ1v) is 6.56. The van der Waals surface area contributed by atoms with Crippen LogP contribution in [0.5, 0.6) is 0 Å². The van der Waals surface area contributed by atoms with Gasteiger partial charge in [0.2, 0.25) is 0 Å². The van der Waals surface area contributed by atoms with E-state index in [0.717, 1.165) is 11.5 Å². The Morgan fingerprint density at radius 2 is 1.76 bits per heavy atom. The summed E-state index contributed by atoms with van der Waals surface area (Å²) in [7, 11) is 2.45. The van der Waals surface area contributed by atoms with Gasteiger partial charge in [0.1, 0.15) is 10.4 Å². The van der Waals surface area contributed by atoms with Gasteiger partial charge in [0.25, 0.3) is 0 Å². The molecule has 0 amide bonds. The Kier molecular flexibility index (Phi) is 4.30. The maximum Gasteiger partial charge on any atom is 0.350 e. The van der Waals surface area contributed by atoms with Crippen molar-refractivity contribution in [1.82, 2.24) is 4.37 Å². The molecule has 0 radical (unpaired) electrons. The summed E-state index contributed by atoms with van der Waals surface area (Å²) in [5, 5.41) is 8.79. The van der Waals surface area contributed by atoms with Gasteiger partial charge in [0.15, 0.2) is 0 Å². The van der Waals surface area contributed by atoms with Crippen molar-refractivity contribution >= 4 is 23.5 Å². The molecule has 7 heteroatoms. The Morgan fingerprint density at radius 1 is 1.14 bits per heavy atom. The Morgan fingerprint density at radius 3 is 2.29 bits per heavy atom. The molecule has 1 aromatic carbocycles. The Balaban J connectivity index is 2.57. The van der Waals surface area contributed by atoms with Crippen molar-refractivity contribution in [1.29, 1.82) is 5.26 Å². The van der Waals surface area contributed by atoms with E-state index in [4.69, 9.17) is 10.00 Å². The molecule has 1 aromatic heterocycles. The molecule has 1 heterocycles. The number of hydrogen-bond donors (Lipinski definition) is 0. The fourth-order valence-corrected chi connectivity index (χ4v) is 2.52. The molecule has 2 rings (SSSR count). The molecule has 0 spiro atoms. The van der Waals surface area contributed by atoms with E-state index in [-0.39, 0.29) is 10.4 Å². The molecule has 0 fully saturated rings. The number of carbonyl (C=O) groups is 2. The fraction of sp³-hybridized carbons (Fsp3) is 0.143. The standard InChI is InChI=1S/C14H10N2O4S/c1-19-13(17)10-11(16-21-12(10)14(18)20-2)9-5-3-8(7-15)4-6-9/h3-6H,1-2H3.